The summed E-state index contributed by atoms with van der Waals surface area (Å²) in [7, 11) is -4.47. The van der Waals surface area contributed by atoms with Crippen molar-refractivity contribution in [3.8, 4) is 16.9 Å². The first-order valence-electron chi connectivity index (χ1n) is 13.9. The smallest absolute Gasteiger partial charge is 0.459 e. The summed E-state index contributed by atoms with van der Waals surface area (Å²) in [5.41, 5.74) is -1.25. The summed E-state index contributed by atoms with van der Waals surface area (Å²) in [6.07, 6.45) is -3.71. The summed E-state index contributed by atoms with van der Waals surface area (Å²) < 4.78 is 51.6. The molecule has 1 amide bonds. The van der Waals surface area contributed by atoms with Gasteiger partial charge in [0.2, 0.25) is 5.91 Å². The molecule has 4 rings (SSSR count). The molecule has 0 radical (unpaired) electrons. The summed E-state index contributed by atoms with van der Waals surface area (Å²) in [5, 5.41) is 24.2. The van der Waals surface area contributed by atoms with Crippen LogP contribution in [0, 0.1) is 10.1 Å². The number of halogens is 1. The first-order chi connectivity index (χ1) is 21.1. The Bertz CT molecular complexity index is 1510. The maximum Gasteiger partial charge on any atom is 0.459 e. The van der Waals surface area contributed by atoms with Gasteiger partial charge in [0.05, 0.1) is 24.1 Å². The maximum atomic E-state index is 15.7. The summed E-state index contributed by atoms with van der Waals surface area (Å²) in [6.45, 7) is 4.95. The average molecular weight is 650 g/mol. The highest BCUT2D eigenvalue weighted by Crippen LogP contribution is 2.47. The molecule has 1 fully saturated rings. The first kappa shape index (κ1) is 33.9. The molecule has 2 aliphatic rings. The predicted octanol–water partition coefficient (Wildman–Crippen LogP) is 3.82. The molecule has 1 unspecified atom stereocenters. The van der Waals surface area contributed by atoms with Crippen LogP contribution in [0.25, 0.3) is 11.1 Å². The molecule has 0 bridgehead atoms. The molecular formula is C29H33FN3O11P. The van der Waals surface area contributed by atoms with Gasteiger partial charge in [-0.15, -0.1) is 0 Å². The van der Waals surface area contributed by atoms with Gasteiger partial charge in [0, 0.05) is 18.3 Å². The molecule has 2 aliphatic heterocycles. The van der Waals surface area contributed by atoms with E-state index in [1.165, 1.54) is 31.2 Å². The van der Waals surface area contributed by atoms with E-state index >= 15 is 4.39 Å². The van der Waals surface area contributed by atoms with Crippen LogP contribution >= 0.6 is 7.75 Å². The van der Waals surface area contributed by atoms with Crippen LogP contribution in [0.15, 0.2) is 60.8 Å². The van der Waals surface area contributed by atoms with Crippen molar-refractivity contribution in [2.75, 3.05) is 6.61 Å². The third kappa shape index (κ3) is 7.99. The Labute approximate surface area is 257 Å². The van der Waals surface area contributed by atoms with E-state index in [-0.39, 0.29) is 11.4 Å². The molecule has 14 nitrogen and oxygen atoms in total. The SMILES string of the molecule is CC(C)OC(=O)[C@H](C)NP(=O)(OC[C@H]1O[C@@H](N2C=CC(=O)CC2=O)[C@](C)(F)[C@@H]1O)Oc1ccc(-c2ccc([N+](=O)[O-])cc2)cc1. The molecule has 2 aromatic rings. The summed E-state index contributed by atoms with van der Waals surface area (Å²) in [5.74, 6) is -1.92. The third-order valence-corrected chi connectivity index (χ3v) is 8.61. The second-order valence-electron chi connectivity index (χ2n) is 10.9. The van der Waals surface area contributed by atoms with Gasteiger partial charge in [-0.2, -0.15) is 5.09 Å². The number of hydrogen-bond acceptors (Lipinski definition) is 11. The minimum absolute atomic E-state index is 0.0377. The van der Waals surface area contributed by atoms with Crippen molar-refractivity contribution in [1.29, 1.82) is 0 Å². The standard InChI is InChI=1S/C29H33FN3O11P/c1-17(2)42-27(37)18(3)31-45(40,44-23-11-7-20(8-12-23)19-5-9-21(10-6-19)33(38)39)41-16-24-26(36)29(4,30)28(43-24)32-14-13-22(34)15-25(32)35/h5-14,17-18,24,26,28,36H,15-16H2,1-4H3,(H,31,40)/t18-,24+,26+,28+,29+,45?/m0/s1. The fourth-order valence-corrected chi connectivity index (χ4v) is 6.12. The highest BCUT2D eigenvalue weighted by atomic mass is 31.2. The lowest BCUT2D eigenvalue weighted by Crippen LogP contribution is -2.51. The Hall–Kier alpha value is -4.01. The second kappa shape index (κ2) is 13.5. The largest absolute Gasteiger partial charge is 0.462 e. The van der Waals surface area contributed by atoms with Crippen molar-refractivity contribution in [2.45, 2.75) is 70.4 Å². The number of carbonyl (C=O) groups excluding carboxylic acids is 3. The Morgan fingerprint density at radius 3 is 2.33 bits per heavy atom. The van der Waals surface area contributed by atoms with Gasteiger partial charge in [0.15, 0.2) is 17.7 Å². The molecule has 2 heterocycles. The van der Waals surface area contributed by atoms with Crippen LogP contribution in [0.5, 0.6) is 5.75 Å². The number of ether oxygens (including phenoxy) is 2. The maximum absolute atomic E-state index is 15.7. The fourth-order valence-electron chi connectivity index (χ4n) is 4.61. The second-order valence-corrected chi connectivity index (χ2v) is 12.6. The molecule has 242 valence electrons. The number of nitro groups is 1. The zero-order valence-corrected chi connectivity index (χ0v) is 25.7. The van der Waals surface area contributed by atoms with Crippen LogP contribution in [0.1, 0.15) is 34.1 Å². The number of aliphatic hydroxyl groups excluding tert-OH is 1. The monoisotopic (exact) mass is 649 g/mol. The quantitative estimate of drug-likeness (QED) is 0.112. The van der Waals surface area contributed by atoms with E-state index in [0.29, 0.717) is 11.1 Å². The number of hydrogen-bond donors (Lipinski definition) is 2. The van der Waals surface area contributed by atoms with E-state index in [0.717, 1.165) is 24.1 Å². The van der Waals surface area contributed by atoms with Gasteiger partial charge in [0.1, 0.15) is 24.0 Å². The van der Waals surface area contributed by atoms with E-state index in [1.54, 1.807) is 38.1 Å². The van der Waals surface area contributed by atoms with Crippen LogP contribution in [-0.2, 0) is 32.9 Å². The van der Waals surface area contributed by atoms with E-state index in [2.05, 4.69) is 5.09 Å². The first-order valence-corrected chi connectivity index (χ1v) is 15.5. The van der Waals surface area contributed by atoms with Crippen LogP contribution in [0.2, 0.25) is 0 Å². The highest BCUT2D eigenvalue weighted by molar-refractivity contribution is 7.52. The molecule has 2 N–H and O–H groups in total. The zero-order valence-electron chi connectivity index (χ0n) is 24.8. The molecule has 16 heteroatoms. The molecule has 0 aromatic heterocycles. The third-order valence-electron chi connectivity index (χ3n) is 6.96. The average Bonchev–Trinajstić information content (AvgIpc) is 3.19. The molecule has 0 saturated carbocycles. The molecular weight excluding hydrogens is 616 g/mol. The lowest BCUT2D eigenvalue weighted by atomic mass is 9.97. The van der Waals surface area contributed by atoms with Crippen molar-refractivity contribution < 1.29 is 51.9 Å². The van der Waals surface area contributed by atoms with E-state index in [9.17, 15) is 34.2 Å². The lowest BCUT2D eigenvalue weighted by Gasteiger charge is -2.32. The summed E-state index contributed by atoms with van der Waals surface area (Å²) in [4.78, 5) is 47.7. The van der Waals surface area contributed by atoms with Crippen LogP contribution in [-0.4, -0.2) is 75.4 Å². The van der Waals surface area contributed by atoms with Gasteiger partial charge in [-0.05, 0) is 69.2 Å². The number of rotatable bonds is 12. The van der Waals surface area contributed by atoms with Crippen LogP contribution in [0.4, 0.5) is 10.1 Å². The Balaban J connectivity index is 1.52. The number of nitrogens with zero attached hydrogens (tertiary/aromatic N) is 2. The van der Waals surface area contributed by atoms with Gasteiger partial charge in [-0.25, -0.2) is 8.96 Å². The number of amides is 1. The fraction of sp³-hybridized carbons (Fsp3) is 0.414. The number of benzene rings is 2. The number of aliphatic hydroxyl groups is 1. The van der Waals surface area contributed by atoms with Crippen molar-refractivity contribution in [1.82, 2.24) is 9.99 Å². The number of non-ortho nitro benzene ring substituents is 1. The minimum Gasteiger partial charge on any atom is -0.462 e. The molecule has 0 aliphatic carbocycles. The van der Waals surface area contributed by atoms with Crippen LogP contribution in [0.3, 0.4) is 0 Å². The van der Waals surface area contributed by atoms with Gasteiger partial charge in [0.25, 0.3) is 5.69 Å². The number of carbonyl (C=O) groups is 3. The zero-order chi connectivity index (χ0) is 33.1. The van der Waals surface area contributed by atoms with Gasteiger partial charge in [-0.3, -0.25) is 33.9 Å². The molecule has 2 aromatic carbocycles. The molecule has 45 heavy (non-hydrogen) atoms. The van der Waals surface area contributed by atoms with E-state index in [1.807, 2.05) is 0 Å². The number of alkyl halides is 1. The normalized spacial score (nSPS) is 25.2. The summed E-state index contributed by atoms with van der Waals surface area (Å²) >= 11 is 0. The number of ketones is 1. The number of allylic oxidation sites excluding steroid dienone is 1. The minimum atomic E-state index is -4.47. The van der Waals surface area contributed by atoms with Crippen molar-refractivity contribution >= 4 is 31.1 Å². The molecule has 6 atom stereocenters. The summed E-state index contributed by atoms with van der Waals surface area (Å²) in [6, 6.07) is 10.8. The van der Waals surface area contributed by atoms with Crippen molar-refractivity contribution in [3.63, 3.8) is 0 Å². The molecule has 1 saturated heterocycles. The highest BCUT2D eigenvalue weighted by Gasteiger charge is 2.57. The van der Waals surface area contributed by atoms with E-state index < -0.39 is 79.6 Å². The Kier molecular flexibility index (Phi) is 10.2. The number of esters is 1. The number of nitrogens with one attached hydrogen (secondary N) is 1. The van der Waals surface area contributed by atoms with Crippen LogP contribution < -0.4 is 9.61 Å². The molecule has 0 spiro atoms. The van der Waals surface area contributed by atoms with Gasteiger partial charge in [-0.1, -0.05) is 12.1 Å². The van der Waals surface area contributed by atoms with Crippen molar-refractivity contribution in [2.24, 2.45) is 0 Å². The lowest BCUT2D eigenvalue weighted by molar-refractivity contribution is -0.384. The predicted molar refractivity (Wildman–Crippen MR) is 156 cm³/mol. The Morgan fingerprint density at radius 1 is 1.18 bits per heavy atom. The topological polar surface area (TPSA) is 184 Å². The van der Waals surface area contributed by atoms with Crippen molar-refractivity contribution in [3.05, 3.63) is 70.9 Å². The Morgan fingerprint density at radius 2 is 1.78 bits per heavy atom. The van der Waals surface area contributed by atoms with Gasteiger partial charge >= 0.3 is 13.7 Å². The number of nitro benzene ring substituents is 1. The van der Waals surface area contributed by atoms with E-state index in [4.69, 9.17) is 18.5 Å². The van der Waals surface area contributed by atoms with Gasteiger partial charge < -0.3 is 19.1 Å².